The lowest BCUT2D eigenvalue weighted by atomic mass is 10.2. The van der Waals surface area contributed by atoms with Gasteiger partial charge in [0.15, 0.2) is 9.84 Å². The van der Waals surface area contributed by atoms with E-state index in [1.165, 1.54) is 10.9 Å². The van der Waals surface area contributed by atoms with Crippen LogP contribution in [0.4, 0.5) is 5.69 Å². The molecule has 1 unspecified atom stereocenters. The van der Waals surface area contributed by atoms with Gasteiger partial charge in [-0.3, -0.25) is 9.48 Å². The van der Waals surface area contributed by atoms with Crippen LogP contribution in [-0.4, -0.2) is 53.1 Å². The predicted octanol–water partition coefficient (Wildman–Crippen LogP) is -0.256. The molecule has 0 spiro atoms. The molecular weight excluding hydrogens is 268 g/mol. The third-order valence-corrected chi connectivity index (χ3v) is 5.10. The second-order valence-electron chi connectivity index (χ2n) is 4.73. The van der Waals surface area contributed by atoms with Crippen LogP contribution in [-0.2, 0) is 16.4 Å². The largest absolute Gasteiger partial charge is 0.396 e. The molecule has 1 amide bonds. The molecule has 1 atom stereocenters. The van der Waals surface area contributed by atoms with Crippen molar-refractivity contribution in [1.29, 1.82) is 0 Å². The third kappa shape index (κ3) is 2.58. The van der Waals surface area contributed by atoms with Gasteiger partial charge in [0.2, 0.25) is 0 Å². The zero-order valence-electron chi connectivity index (χ0n) is 11.0. The maximum atomic E-state index is 12.5. The molecule has 2 N–H and O–H groups in total. The van der Waals surface area contributed by atoms with Gasteiger partial charge >= 0.3 is 0 Å². The van der Waals surface area contributed by atoms with Gasteiger partial charge in [0, 0.05) is 19.1 Å². The van der Waals surface area contributed by atoms with Crippen LogP contribution in [0.2, 0.25) is 0 Å². The molecule has 0 aromatic carbocycles. The fourth-order valence-corrected chi connectivity index (χ4v) is 3.87. The fraction of sp³-hybridized carbons (Fsp3) is 0.636. The van der Waals surface area contributed by atoms with Gasteiger partial charge in [-0.2, -0.15) is 5.10 Å². The first-order valence-corrected chi connectivity index (χ1v) is 8.00. The summed E-state index contributed by atoms with van der Waals surface area (Å²) in [4.78, 5) is 14.0. The van der Waals surface area contributed by atoms with Gasteiger partial charge in [0.1, 0.15) is 5.69 Å². The smallest absolute Gasteiger partial charge is 0.274 e. The van der Waals surface area contributed by atoms with Crippen LogP contribution in [0.15, 0.2) is 6.20 Å². The third-order valence-electron chi connectivity index (χ3n) is 3.30. The Morgan fingerprint density at radius 3 is 2.84 bits per heavy atom. The maximum Gasteiger partial charge on any atom is 0.274 e. The number of nitrogens with zero attached hydrogens (tertiary/aromatic N) is 3. The Labute approximate surface area is 112 Å². The lowest BCUT2D eigenvalue weighted by Crippen LogP contribution is -2.50. The summed E-state index contributed by atoms with van der Waals surface area (Å²) in [5, 5.41) is 4.03. The summed E-state index contributed by atoms with van der Waals surface area (Å²) in [5.74, 6) is -0.249. The Morgan fingerprint density at radius 2 is 2.26 bits per heavy atom. The first-order valence-electron chi connectivity index (χ1n) is 6.18. The number of hydrogen-bond donors (Lipinski definition) is 1. The Balaban J connectivity index is 2.27. The average molecular weight is 286 g/mol. The number of carbonyl (C=O) groups excluding carboxylic acids is 1. The summed E-state index contributed by atoms with van der Waals surface area (Å²) >= 11 is 0. The highest BCUT2D eigenvalue weighted by Gasteiger charge is 2.33. The average Bonchev–Trinajstić information content (AvgIpc) is 2.68. The van der Waals surface area contributed by atoms with E-state index in [9.17, 15) is 13.2 Å². The van der Waals surface area contributed by atoms with Crippen molar-refractivity contribution in [1.82, 2.24) is 14.7 Å². The molecule has 0 aliphatic carbocycles. The molecule has 2 rings (SSSR count). The topological polar surface area (TPSA) is 98.3 Å². The number of sulfone groups is 1. The van der Waals surface area contributed by atoms with Crippen molar-refractivity contribution in [2.75, 3.05) is 23.8 Å². The molecule has 1 aliphatic heterocycles. The second kappa shape index (κ2) is 4.84. The van der Waals surface area contributed by atoms with E-state index in [4.69, 9.17) is 5.73 Å². The molecule has 0 saturated carbocycles. The number of hydrogen-bond acceptors (Lipinski definition) is 5. The molecule has 8 heteroatoms. The summed E-state index contributed by atoms with van der Waals surface area (Å²) < 4.78 is 24.6. The molecule has 1 fully saturated rings. The molecule has 7 nitrogen and oxygen atoms in total. The minimum absolute atomic E-state index is 0.00108. The van der Waals surface area contributed by atoms with Gasteiger partial charge in [-0.25, -0.2) is 8.42 Å². The van der Waals surface area contributed by atoms with Gasteiger partial charge in [0.25, 0.3) is 5.91 Å². The Kier molecular flexibility index (Phi) is 3.53. The zero-order chi connectivity index (χ0) is 14.2. The lowest BCUT2D eigenvalue weighted by Gasteiger charge is -2.33. The van der Waals surface area contributed by atoms with E-state index >= 15 is 0 Å². The standard InChI is InChI=1S/C11H18N4O3S/c1-3-15-10(9(12)6-13-15)11(16)14-4-5-19(17,18)7-8(14)2/h6,8H,3-5,7,12H2,1-2H3. The van der Waals surface area contributed by atoms with Gasteiger partial charge in [-0.05, 0) is 13.8 Å². The molecule has 2 heterocycles. The van der Waals surface area contributed by atoms with Crippen LogP contribution in [0.3, 0.4) is 0 Å². The van der Waals surface area contributed by atoms with Crippen LogP contribution in [0.25, 0.3) is 0 Å². The number of anilines is 1. The predicted molar refractivity (Wildman–Crippen MR) is 71.5 cm³/mol. The minimum atomic E-state index is -3.04. The van der Waals surface area contributed by atoms with Crippen LogP contribution >= 0.6 is 0 Å². The van der Waals surface area contributed by atoms with E-state index in [2.05, 4.69) is 5.10 Å². The van der Waals surface area contributed by atoms with Crippen LogP contribution in [0, 0.1) is 0 Å². The first-order chi connectivity index (χ1) is 8.85. The molecule has 1 saturated heterocycles. The number of nitrogen functional groups attached to an aromatic ring is 1. The van der Waals surface area contributed by atoms with Gasteiger partial charge in [0.05, 0.1) is 23.4 Å². The summed E-state index contributed by atoms with van der Waals surface area (Å²) in [6, 6.07) is -0.342. The summed E-state index contributed by atoms with van der Waals surface area (Å²) in [7, 11) is -3.04. The van der Waals surface area contributed by atoms with E-state index in [0.717, 1.165) is 0 Å². The SMILES string of the molecule is CCn1ncc(N)c1C(=O)N1CCS(=O)(=O)CC1C. The summed E-state index contributed by atoms with van der Waals surface area (Å²) in [6.45, 7) is 4.35. The molecule has 1 aliphatic rings. The number of carbonyl (C=O) groups is 1. The normalized spacial score (nSPS) is 22.4. The zero-order valence-corrected chi connectivity index (χ0v) is 11.9. The van der Waals surface area contributed by atoms with Gasteiger partial charge < -0.3 is 10.6 Å². The number of nitrogens with two attached hydrogens (primary N) is 1. The molecular formula is C11H18N4O3S. The lowest BCUT2D eigenvalue weighted by molar-refractivity contribution is 0.0701. The van der Waals surface area contributed by atoms with Crippen molar-refractivity contribution in [3.05, 3.63) is 11.9 Å². The molecule has 106 valence electrons. The van der Waals surface area contributed by atoms with Crippen molar-refractivity contribution in [2.45, 2.75) is 26.4 Å². The van der Waals surface area contributed by atoms with Gasteiger partial charge in [-0.1, -0.05) is 0 Å². The van der Waals surface area contributed by atoms with Crippen molar-refractivity contribution in [3.8, 4) is 0 Å². The molecule has 19 heavy (non-hydrogen) atoms. The first kappa shape index (κ1) is 13.9. The minimum Gasteiger partial charge on any atom is -0.396 e. The number of aromatic nitrogens is 2. The van der Waals surface area contributed by atoms with Crippen LogP contribution < -0.4 is 5.73 Å². The van der Waals surface area contributed by atoms with Crippen molar-refractivity contribution in [2.24, 2.45) is 0 Å². The molecule has 0 bridgehead atoms. The number of aryl methyl sites for hydroxylation is 1. The maximum absolute atomic E-state index is 12.5. The molecule has 0 radical (unpaired) electrons. The van der Waals surface area contributed by atoms with Crippen molar-refractivity contribution in [3.63, 3.8) is 0 Å². The Bertz CT molecular complexity index is 593. The van der Waals surface area contributed by atoms with Crippen molar-refractivity contribution >= 4 is 21.4 Å². The Hall–Kier alpha value is -1.57. The fourth-order valence-electron chi connectivity index (χ4n) is 2.31. The Morgan fingerprint density at radius 1 is 1.58 bits per heavy atom. The van der Waals surface area contributed by atoms with E-state index in [1.807, 2.05) is 6.92 Å². The second-order valence-corrected chi connectivity index (χ2v) is 6.95. The quantitative estimate of drug-likeness (QED) is 0.808. The highest BCUT2D eigenvalue weighted by atomic mass is 32.2. The monoisotopic (exact) mass is 286 g/mol. The number of rotatable bonds is 2. The highest BCUT2D eigenvalue weighted by Crippen LogP contribution is 2.19. The highest BCUT2D eigenvalue weighted by molar-refractivity contribution is 7.91. The van der Waals surface area contributed by atoms with Gasteiger partial charge in [-0.15, -0.1) is 0 Å². The van der Waals surface area contributed by atoms with Crippen LogP contribution in [0.5, 0.6) is 0 Å². The van der Waals surface area contributed by atoms with Crippen LogP contribution in [0.1, 0.15) is 24.3 Å². The van der Waals surface area contributed by atoms with E-state index in [1.54, 1.807) is 11.8 Å². The van der Waals surface area contributed by atoms with E-state index in [-0.39, 0.29) is 30.0 Å². The molecule has 1 aromatic heterocycles. The summed E-state index contributed by atoms with van der Waals surface area (Å²) in [5.41, 5.74) is 6.44. The molecule has 1 aromatic rings. The number of amides is 1. The van der Waals surface area contributed by atoms with Crippen molar-refractivity contribution < 1.29 is 13.2 Å². The van der Waals surface area contributed by atoms with E-state index in [0.29, 0.717) is 17.9 Å². The van der Waals surface area contributed by atoms with E-state index < -0.39 is 9.84 Å². The summed E-state index contributed by atoms with van der Waals surface area (Å²) in [6.07, 6.45) is 1.45.